The lowest BCUT2D eigenvalue weighted by molar-refractivity contribution is -0.145. The number of rotatable bonds is 4. The molecule has 0 aromatic carbocycles. The Morgan fingerprint density at radius 2 is 2.32 bits per heavy atom. The molecule has 0 bridgehead atoms. The SMILES string of the molecule is CCOC(=O)C(C)c1nc(-c2ccc(Br)cn2)no1. The van der Waals surface area contributed by atoms with E-state index in [9.17, 15) is 4.79 Å². The number of nitrogens with zero attached hydrogens (tertiary/aromatic N) is 3. The molecule has 0 aliphatic rings. The molecule has 0 spiro atoms. The number of pyridine rings is 1. The van der Waals surface area contributed by atoms with E-state index in [4.69, 9.17) is 9.26 Å². The monoisotopic (exact) mass is 325 g/mol. The van der Waals surface area contributed by atoms with E-state index in [2.05, 4.69) is 31.1 Å². The van der Waals surface area contributed by atoms with Gasteiger partial charge in [0.15, 0.2) is 0 Å². The molecule has 0 saturated heterocycles. The summed E-state index contributed by atoms with van der Waals surface area (Å²) in [5, 5.41) is 3.81. The predicted molar refractivity (Wildman–Crippen MR) is 70.3 cm³/mol. The van der Waals surface area contributed by atoms with Crippen molar-refractivity contribution in [1.29, 1.82) is 0 Å². The number of aromatic nitrogens is 3. The van der Waals surface area contributed by atoms with Crippen LogP contribution in [0.3, 0.4) is 0 Å². The van der Waals surface area contributed by atoms with E-state index in [1.807, 2.05) is 6.07 Å². The predicted octanol–water partition coefficient (Wildman–Crippen LogP) is 2.56. The van der Waals surface area contributed by atoms with Gasteiger partial charge in [0.25, 0.3) is 0 Å². The lowest BCUT2D eigenvalue weighted by atomic mass is 10.2. The van der Waals surface area contributed by atoms with Crippen molar-refractivity contribution in [3.05, 3.63) is 28.7 Å². The van der Waals surface area contributed by atoms with Crippen molar-refractivity contribution in [3.8, 4) is 11.5 Å². The molecule has 0 saturated carbocycles. The van der Waals surface area contributed by atoms with Crippen LogP contribution in [0, 0.1) is 0 Å². The molecule has 2 heterocycles. The van der Waals surface area contributed by atoms with Crippen molar-refractivity contribution in [3.63, 3.8) is 0 Å². The molecule has 0 aliphatic heterocycles. The van der Waals surface area contributed by atoms with Gasteiger partial charge in [-0.1, -0.05) is 5.16 Å². The molecule has 2 rings (SSSR count). The fourth-order valence-electron chi connectivity index (χ4n) is 1.39. The zero-order valence-corrected chi connectivity index (χ0v) is 12.0. The number of hydrogen-bond acceptors (Lipinski definition) is 6. The summed E-state index contributed by atoms with van der Waals surface area (Å²) in [6, 6.07) is 3.58. The molecule has 6 nitrogen and oxygen atoms in total. The summed E-state index contributed by atoms with van der Waals surface area (Å²) in [6.07, 6.45) is 1.64. The van der Waals surface area contributed by atoms with Crippen LogP contribution in [0.4, 0.5) is 0 Å². The summed E-state index contributed by atoms with van der Waals surface area (Å²) in [5.74, 6) is -0.407. The van der Waals surface area contributed by atoms with E-state index in [0.717, 1.165) is 4.47 Å². The van der Waals surface area contributed by atoms with E-state index in [1.165, 1.54) is 0 Å². The summed E-state index contributed by atoms with van der Waals surface area (Å²) in [7, 11) is 0. The number of ether oxygens (including phenoxy) is 1. The number of hydrogen-bond donors (Lipinski definition) is 0. The second-order valence-electron chi connectivity index (χ2n) is 3.79. The Morgan fingerprint density at radius 3 is 2.95 bits per heavy atom. The molecule has 2 aromatic rings. The average molecular weight is 326 g/mol. The van der Waals surface area contributed by atoms with E-state index in [-0.39, 0.29) is 11.9 Å². The minimum atomic E-state index is -0.586. The van der Waals surface area contributed by atoms with Gasteiger partial charge < -0.3 is 9.26 Å². The molecule has 0 N–H and O–H groups in total. The Balaban J connectivity index is 2.19. The fourth-order valence-corrected chi connectivity index (χ4v) is 1.63. The van der Waals surface area contributed by atoms with Crippen LogP contribution in [0.2, 0.25) is 0 Å². The van der Waals surface area contributed by atoms with Gasteiger partial charge in [0.2, 0.25) is 11.7 Å². The number of esters is 1. The minimum Gasteiger partial charge on any atom is -0.465 e. The Kier molecular flexibility index (Phi) is 4.26. The van der Waals surface area contributed by atoms with E-state index in [0.29, 0.717) is 18.1 Å². The summed E-state index contributed by atoms with van der Waals surface area (Å²) in [6.45, 7) is 3.72. The third-order valence-corrected chi connectivity index (χ3v) is 2.88. The maximum atomic E-state index is 11.6. The van der Waals surface area contributed by atoms with Crippen molar-refractivity contribution in [2.75, 3.05) is 6.61 Å². The molecule has 19 heavy (non-hydrogen) atoms. The lowest BCUT2D eigenvalue weighted by Crippen LogP contribution is -2.13. The third kappa shape index (κ3) is 3.17. The molecule has 0 aliphatic carbocycles. The van der Waals surface area contributed by atoms with Crippen molar-refractivity contribution >= 4 is 21.9 Å². The summed E-state index contributed by atoms with van der Waals surface area (Å²) < 4.78 is 10.8. The summed E-state index contributed by atoms with van der Waals surface area (Å²) in [4.78, 5) is 19.9. The Bertz CT molecular complexity index is 568. The first-order valence-electron chi connectivity index (χ1n) is 5.74. The molecule has 100 valence electrons. The zero-order valence-electron chi connectivity index (χ0n) is 10.5. The molecule has 0 amide bonds. The van der Waals surface area contributed by atoms with Crippen LogP contribution in [-0.4, -0.2) is 27.7 Å². The first-order valence-corrected chi connectivity index (χ1v) is 6.53. The van der Waals surface area contributed by atoms with Crippen molar-refractivity contribution in [2.24, 2.45) is 0 Å². The number of carbonyl (C=O) groups excluding carboxylic acids is 1. The van der Waals surface area contributed by atoms with Crippen molar-refractivity contribution in [2.45, 2.75) is 19.8 Å². The van der Waals surface area contributed by atoms with Crippen LogP contribution in [0.15, 0.2) is 27.3 Å². The molecule has 0 fully saturated rings. The van der Waals surface area contributed by atoms with Gasteiger partial charge in [-0.15, -0.1) is 0 Å². The average Bonchev–Trinajstić information content (AvgIpc) is 2.88. The second-order valence-corrected chi connectivity index (χ2v) is 4.71. The van der Waals surface area contributed by atoms with E-state index < -0.39 is 5.92 Å². The van der Waals surface area contributed by atoms with Crippen LogP contribution in [0.25, 0.3) is 11.5 Å². The van der Waals surface area contributed by atoms with Crippen molar-refractivity contribution < 1.29 is 14.1 Å². The van der Waals surface area contributed by atoms with Gasteiger partial charge in [-0.2, -0.15) is 4.98 Å². The second kappa shape index (κ2) is 5.92. The van der Waals surface area contributed by atoms with Crippen LogP contribution in [-0.2, 0) is 9.53 Å². The quantitative estimate of drug-likeness (QED) is 0.804. The van der Waals surface area contributed by atoms with Crippen LogP contribution in [0.5, 0.6) is 0 Å². The lowest BCUT2D eigenvalue weighted by Gasteiger charge is -2.04. The standard InChI is InChI=1S/C12H12BrN3O3/c1-3-18-12(17)7(2)11-15-10(16-19-11)9-5-4-8(13)6-14-9/h4-7H,3H2,1-2H3. The fraction of sp³-hybridized carbons (Fsp3) is 0.333. The van der Waals surface area contributed by atoms with Gasteiger partial charge in [0.05, 0.1) is 6.61 Å². The topological polar surface area (TPSA) is 78.1 Å². The molecule has 1 unspecified atom stereocenters. The molecular formula is C12H12BrN3O3. The molecule has 1 atom stereocenters. The highest BCUT2D eigenvalue weighted by Gasteiger charge is 2.23. The maximum absolute atomic E-state index is 11.6. The molecule has 7 heteroatoms. The Labute approximate surface area is 118 Å². The highest BCUT2D eigenvalue weighted by molar-refractivity contribution is 9.10. The smallest absolute Gasteiger partial charge is 0.318 e. The zero-order chi connectivity index (χ0) is 13.8. The minimum absolute atomic E-state index is 0.221. The van der Waals surface area contributed by atoms with Gasteiger partial charge in [0, 0.05) is 10.7 Å². The van der Waals surface area contributed by atoms with Gasteiger partial charge in [-0.3, -0.25) is 9.78 Å². The molecule has 0 radical (unpaired) electrons. The molecular weight excluding hydrogens is 314 g/mol. The van der Waals surface area contributed by atoms with E-state index in [1.54, 1.807) is 26.1 Å². The largest absolute Gasteiger partial charge is 0.465 e. The summed E-state index contributed by atoms with van der Waals surface area (Å²) >= 11 is 3.29. The summed E-state index contributed by atoms with van der Waals surface area (Å²) in [5.41, 5.74) is 0.578. The maximum Gasteiger partial charge on any atom is 0.318 e. The molecule has 2 aromatic heterocycles. The van der Waals surface area contributed by atoms with Gasteiger partial charge in [-0.05, 0) is 41.9 Å². The van der Waals surface area contributed by atoms with Gasteiger partial charge in [0.1, 0.15) is 11.6 Å². The normalized spacial score (nSPS) is 12.2. The van der Waals surface area contributed by atoms with Crippen LogP contribution < -0.4 is 0 Å². The van der Waals surface area contributed by atoms with Crippen molar-refractivity contribution in [1.82, 2.24) is 15.1 Å². The first kappa shape index (κ1) is 13.7. The van der Waals surface area contributed by atoms with Gasteiger partial charge in [-0.25, -0.2) is 0 Å². The first-order chi connectivity index (χ1) is 9.11. The highest BCUT2D eigenvalue weighted by atomic mass is 79.9. The number of carbonyl (C=O) groups is 1. The Hall–Kier alpha value is -1.76. The van der Waals surface area contributed by atoms with Crippen LogP contribution in [0.1, 0.15) is 25.7 Å². The Morgan fingerprint density at radius 1 is 1.53 bits per heavy atom. The van der Waals surface area contributed by atoms with Gasteiger partial charge >= 0.3 is 5.97 Å². The number of halogens is 1. The van der Waals surface area contributed by atoms with E-state index >= 15 is 0 Å². The third-order valence-electron chi connectivity index (χ3n) is 2.41. The van der Waals surface area contributed by atoms with Crippen LogP contribution >= 0.6 is 15.9 Å². The highest BCUT2D eigenvalue weighted by Crippen LogP contribution is 2.20.